The topological polar surface area (TPSA) is 34.1 Å². The Labute approximate surface area is 122 Å². The minimum absolute atomic E-state index is 0.617. The molecule has 0 aliphatic heterocycles. The smallest absolute Gasteiger partial charge is 0.138 e. The summed E-state index contributed by atoms with van der Waals surface area (Å²) in [6, 6.07) is 5.74. The molecule has 0 fully saturated rings. The van der Waals surface area contributed by atoms with E-state index in [-0.39, 0.29) is 0 Å². The Morgan fingerprint density at radius 1 is 1.37 bits per heavy atom. The molecule has 0 unspecified atom stereocenters. The Balaban J connectivity index is 2.04. The Morgan fingerprint density at radius 2 is 2.16 bits per heavy atom. The van der Waals surface area contributed by atoms with E-state index >= 15 is 0 Å². The molecule has 5 heteroatoms. The molecule has 2 aromatic rings. The Kier molecular flexibility index (Phi) is 4.66. The SMILES string of the molecule is CCOc1ccc(NCc2sc(C)nc2C)cc1Cl. The van der Waals surface area contributed by atoms with E-state index in [9.17, 15) is 0 Å². The van der Waals surface area contributed by atoms with Crippen molar-refractivity contribution in [3.05, 3.63) is 38.8 Å². The molecule has 0 saturated carbocycles. The largest absolute Gasteiger partial charge is 0.492 e. The van der Waals surface area contributed by atoms with Gasteiger partial charge in [0.25, 0.3) is 0 Å². The average Bonchev–Trinajstić information content (AvgIpc) is 2.68. The number of aryl methyl sites for hydroxylation is 2. The fourth-order valence-corrected chi connectivity index (χ4v) is 2.92. The maximum Gasteiger partial charge on any atom is 0.138 e. The predicted molar refractivity (Wildman–Crippen MR) is 81.5 cm³/mol. The van der Waals surface area contributed by atoms with Crippen LogP contribution in [0.25, 0.3) is 0 Å². The highest BCUT2D eigenvalue weighted by atomic mass is 35.5. The van der Waals surface area contributed by atoms with Crippen LogP contribution in [0.5, 0.6) is 5.75 Å². The molecule has 0 atom stereocenters. The van der Waals surface area contributed by atoms with Crippen molar-refractivity contribution < 1.29 is 4.74 Å². The lowest BCUT2D eigenvalue weighted by atomic mass is 10.3. The van der Waals surface area contributed by atoms with Gasteiger partial charge in [-0.25, -0.2) is 4.98 Å². The summed E-state index contributed by atoms with van der Waals surface area (Å²) in [5.74, 6) is 0.722. The second kappa shape index (κ2) is 6.26. The highest BCUT2D eigenvalue weighted by Gasteiger charge is 2.06. The summed E-state index contributed by atoms with van der Waals surface area (Å²) in [7, 11) is 0. The molecule has 3 nitrogen and oxygen atoms in total. The lowest BCUT2D eigenvalue weighted by Gasteiger charge is -2.09. The zero-order valence-corrected chi connectivity index (χ0v) is 12.9. The first-order chi connectivity index (χ1) is 9.10. The standard InChI is InChI=1S/C14H17ClN2OS/c1-4-18-13-6-5-11(7-12(13)15)16-8-14-9(2)17-10(3)19-14/h5-7,16H,4,8H2,1-3H3. The van der Waals surface area contributed by atoms with E-state index in [1.54, 1.807) is 11.3 Å². The molecular weight excluding hydrogens is 280 g/mol. The van der Waals surface area contributed by atoms with E-state index in [0.29, 0.717) is 11.6 Å². The maximum atomic E-state index is 6.15. The first-order valence-corrected chi connectivity index (χ1v) is 7.38. The number of hydrogen-bond donors (Lipinski definition) is 1. The molecular formula is C14H17ClN2OS. The highest BCUT2D eigenvalue weighted by Crippen LogP contribution is 2.28. The summed E-state index contributed by atoms with van der Waals surface area (Å²) in [5, 5.41) is 5.08. The monoisotopic (exact) mass is 296 g/mol. The van der Waals surface area contributed by atoms with Gasteiger partial charge in [-0.05, 0) is 39.0 Å². The number of hydrogen-bond acceptors (Lipinski definition) is 4. The molecule has 0 aliphatic rings. The van der Waals surface area contributed by atoms with E-state index in [2.05, 4.69) is 10.3 Å². The second-order valence-corrected chi connectivity index (χ2v) is 5.87. The molecule has 19 heavy (non-hydrogen) atoms. The highest BCUT2D eigenvalue weighted by molar-refractivity contribution is 7.11. The molecule has 102 valence electrons. The first kappa shape index (κ1) is 14.2. The van der Waals surface area contributed by atoms with E-state index in [0.717, 1.165) is 28.7 Å². The van der Waals surface area contributed by atoms with Gasteiger partial charge in [-0.15, -0.1) is 11.3 Å². The summed E-state index contributed by atoms with van der Waals surface area (Å²) >= 11 is 7.87. The molecule has 0 radical (unpaired) electrons. The third-order valence-corrected chi connectivity index (χ3v) is 4.05. The lowest BCUT2D eigenvalue weighted by Crippen LogP contribution is -1.99. The molecule has 1 N–H and O–H groups in total. The van der Waals surface area contributed by atoms with E-state index in [1.807, 2.05) is 39.0 Å². The Bertz CT molecular complexity index is 569. The van der Waals surface area contributed by atoms with Crippen molar-refractivity contribution in [3.63, 3.8) is 0 Å². The minimum Gasteiger partial charge on any atom is -0.492 e. The van der Waals surface area contributed by atoms with Gasteiger partial charge < -0.3 is 10.1 Å². The van der Waals surface area contributed by atoms with Crippen LogP contribution in [-0.2, 0) is 6.54 Å². The van der Waals surface area contributed by atoms with Crippen LogP contribution in [0.1, 0.15) is 22.5 Å². The van der Waals surface area contributed by atoms with Crippen molar-refractivity contribution in [2.75, 3.05) is 11.9 Å². The fourth-order valence-electron chi connectivity index (χ4n) is 1.80. The summed E-state index contributed by atoms with van der Waals surface area (Å²) in [6.45, 7) is 7.38. The summed E-state index contributed by atoms with van der Waals surface area (Å²) < 4.78 is 5.41. The van der Waals surface area contributed by atoms with Gasteiger partial charge in [0.15, 0.2) is 0 Å². The fraction of sp³-hybridized carbons (Fsp3) is 0.357. The van der Waals surface area contributed by atoms with Gasteiger partial charge in [0, 0.05) is 10.6 Å². The second-order valence-electron chi connectivity index (χ2n) is 4.17. The number of aromatic nitrogens is 1. The van der Waals surface area contributed by atoms with Crippen LogP contribution < -0.4 is 10.1 Å². The molecule has 0 bridgehead atoms. The van der Waals surface area contributed by atoms with Crippen molar-refractivity contribution in [1.29, 1.82) is 0 Å². The van der Waals surface area contributed by atoms with Gasteiger partial charge in [-0.3, -0.25) is 0 Å². The van der Waals surface area contributed by atoms with Gasteiger partial charge in [0.2, 0.25) is 0 Å². The number of anilines is 1. The van der Waals surface area contributed by atoms with E-state index in [4.69, 9.17) is 16.3 Å². The molecule has 0 saturated heterocycles. The number of thiazole rings is 1. The average molecular weight is 297 g/mol. The molecule has 1 heterocycles. The number of ether oxygens (including phenoxy) is 1. The zero-order chi connectivity index (χ0) is 13.8. The Hall–Kier alpha value is -1.26. The third kappa shape index (κ3) is 3.61. The Morgan fingerprint density at radius 3 is 2.74 bits per heavy atom. The minimum atomic E-state index is 0.617. The number of rotatable bonds is 5. The number of benzene rings is 1. The van der Waals surface area contributed by atoms with Gasteiger partial charge >= 0.3 is 0 Å². The molecule has 1 aromatic heterocycles. The molecule has 1 aromatic carbocycles. The van der Waals surface area contributed by atoms with Crippen LogP contribution >= 0.6 is 22.9 Å². The maximum absolute atomic E-state index is 6.15. The van der Waals surface area contributed by atoms with Crippen LogP contribution in [0.2, 0.25) is 5.02 Å². The molecule has 0 amide bonds. The van der Waals surface area contributed by atoms with Crippen LogP contribution in [0.3, 0.4) is 0 Å². The van der Waals surface area contributed by atoms with Gasteiger partial charge in [-0.1, -0.05) is 11.6 Å². The number of nitrogens with zero attached hydrogens (tertiary/aromatic N) is 1. The zero-order valence-electron chi connectivity index (χ0n) is 11.3. The normalized spacial score (nSPS) is 10.5. The van der Waals surface area contributed by atoms with E-state index < -0.39 is 0 Å². The predicted octanol–water partition coefficient (Wildman–Crippen LogP) is 4.42. The van der Waals surface area contributed by atoms with Crippen molar-refractivity contribution >= 4 is 28.6 Å². The van der Waals surface area contributed by atoms with Crippen LogP contribution in [0, 0.1) is 13.8 Å². The van der Waals surface area contributed by atoms with Crippen molar-refractivity contribution in [1.82, 2.24) is 4.98 Å². The van der Waals surface area contributed by atoms with Crippen LogP contribution in [0.4, 0.5) is 5.69 Å². The summed E-state index contributed by atoms with van der Waals surface area (Å²) in [4.78, 5) is 5.66. The van der Waals surface area contributed by atoms with Crippen molar-refractivity contribution in [2.24, 2.45) is 0 Å². The van der Waals surface area contributed by atoms with Crippen LogP contribution in [-0.4, -0.2) is 11.6 Å². The molecule has 0 spiro atoms. The summed E-state index contributed by atoms with van der Waals surface area (Å²) in [5.41, 5.74) is 2.07. The lowest BCUT2D eigenvalue weighted by molar-refractivity contribution is 0.340. The van der Waals surface area contributed by atoms with Crippen LogP contribution in [0.15, 0.2) is 18.2 Å². The summed E-state index contributed by atoms with van der Waals surface area (Å²) in [6.07, 6.45) is 0. The van der Waals surface area contributed by atoms with E-state index in [1.165, 1.54) is 4.88 Å². The van der Waals surface area contributed by atoms with Gasteiger partial charge in [0.1, 0.15) is 5.75 Å². The molecule has 0 aliphatic carbocycles. The third-order valence-electron chi connectivity index (χ3n) is 2.68. The quantitative estimate of drug-likeness (QED) is 0.886. The molecule has 2 rings (SSSR count). The number of nitrogens with one attached hydrogen (secondary N) is 1. The first-order valence-electron chi connectivity index (χ1n) is 6.19. The van der Waals surface area contributed by atoms with Gasteiger partial charge in [-0.2, -0.15) is 0 Å². The van der Waals surface area contributed by atoms with Gasteiger partial charge in [0.05, 0.1) is 28.9 Å². The van der Waals surface area contributed by atoms with Crippen molar-refractivity contribution in [3.8, 4) is 5.75 Å². The van der Waals surface area contributed by atoms with Crippen molar-refractivity contribution in [2.45, 2.75) is 27.3 Å². The number of halogens is 1.